The van der Waals surface area contributed by atoms with Crippen LogP contribution in [0.2, 0.25) is 0 Å². The molecule has 0 bridgehead atoms. The Morgan fingerprint density at radius 3 is 2.48 bits per heavy atom. The van der Waals surface area contributed by atoms with Crippen LogP contribution < -0.4 is 15.0 Å². The van der Waals surface area contributed by atoms with Gasteiger partial charge in [0.2, 0.25) is 0 Å². The van der Waals surface area contributed by atoms with Gasteiger partial charge in [0, 0.05) is 36.3 Å². The van der Waals surface area contributed by atoms with E-state index in [1.54, 1.807) is 25.3 Å². The number of hydrogen-bond acceptors (Lipinski definition) is 4. The third-order valence-electron chi connectivity index (χ3n) is 4.01. The minimum absolute atomic E-state index is 0.347. The van der Waals surface area contributed by atoms with Gasteiger partial charge in [-0.25, -0.2) is 8.78 Å². The van der Waals surface area contributed by atoms with E-state index < -0.39 is 11.4 Å². The van der Waals surface area contributed by atoms with E-state index in [4.69, 9.17) is 4.74 Å². The number of aryl methyl sites for hydroxylation is 2. The Bertz CT molecular complexity index is 1020. The summed E-state index contributed by atoms with van der Waals surface area (Å²) in [7, 11) is 1.49. The molecule has 0 fully saturated rings. The smallest absolute Gasteiger partial charge is 0.286 e. The summed E-state index contributed by atoms with van der Waals surface area (Å²) in [5.74, 6) is -0.232. The second-order valence-corrected chi connectivity index (χ2v) is 6.63. The first-order chi connectivity index (χ1) is 12.9. The summed E-state index contributed by atoms with van der Waals surface area (Å²) >= 11 is 1.42. The van der Waals surface area contributed by atoms with Crippen LogP contribution in [-0.2, 0) is 7.05 Å². The largest absolute Gasteiger partial charge is 0.456 e. The van der Waals surface area contributed by atoms with Crippen LogP contribution in [0.4, 0.5) is 14.5 Å². The zero-order valence-electron chi connectivity index (χ0n) is 15.0. The van der Waals surface area contributed by atoms with Crippen molar-refractivity contribution >= 4 is 17.6 Å². The van der Waals surface area contributed by atoms with Crippen LogP contribution in [0.25, 0.3) is 11.1 Å². The summed E-state index contributed by atoms with van der Waals surface area (Å²) < 4.78 is 37.6. The Morgan fingerprint density at radius 2 is 1.81 bits per heavy atom. The molecule has 0 unspecified atom stereocenters. The molecule has 140 valence electrons. The zero-order chi connectivity index (χ0) is 19.6. The van der Waals surface area contributed by atoms with Gasteiger partial charge in [0.25, 0.3) is 5.56 Å². The summed E-state index contributed by atoms with van der Waals surface area (Å²) in [5, 5.41) is 0. The SMILES string of the molecule is CSNc1ccc(Oc2ccc(F)cc2C)c(-c2cc(F)c(=O)n(C)c2)c1. The summed E-state index contributed by atoms with van der Waals surface area (Å²) in [6.07, 6.45) is 3.44. The number of hydrogen-bond donors (Lipinski definition) is 1. The number of rotatable bonds is 5. The molecule has 0 saturated carbocycles. The molecular formula is C20H18F2N2O2S. The van der Waals surface area contributed by atoms with Crippen molar-refractivity contribution in [3.05, 3.63) is 76.2 Å². The fraction of sp³-hybridized carbons (Fsp3) is 0.150. The van der Waals surface area contributed by atoms with Crippen LogP contribution in [0, 0.1) is 18.6 Å². The van der Waals surface area contributed by atoms with Gasteiger partial charge >= 0.3 is 0 Å². The van der Waals surface area contributed by atoms with E-state index in [-0.39, 0.29) is 5.82 Å². The van der Waals surface area contributed by atoms with Gasteiger partial charge in [0.15, 0.2) is 5.82 Å². The molecule has 0 radical (unpaired) electrons. The molecule has 0 atom stereocenters. The van der Waals surface area contributed by atoms with Gasteiger partial charge in [-0.2, -0.15) is 0 Å². The van der Waals surface area contributed by atoms with E-state index in [1.807, 2.05) is 18.4 Å². The number of halogens is 2. The van der Waals surface area contributed by atoms with Gasteiger partial charge in [-0.15, -0.1) is 0 Å². The van der Waals surface area contributed by atoms with Gasteiger partial charge in [-0.1, -0.05) is 11.9 Å². The Morgan fingerprint density at radius 1 is 1.07 bits per heavy atom. The maximum absolute atomic E-state index is 14.0. The molecule has 0 spiro atoms. The van der Waals surface area contributed by atoms with E-state index in [1.165, 1.54) is 41.8 Å². The number of nitrogens with one attached hydrogen (secondary N) is 1. The van der Waals surface area contributed by atoms with Crippen LogP contribution in [0.1, 0.15) is 5.56 Å². The number of pyridine rings is 1. The molecule has 2 aromatic carbocycles. The molecule has 0 aliphatic heterocycles. The quantitative estimate of drug-likeness (QED) is 0.616. The molecule has 0 amide bonds. The molecule has 1 aromatic heterocycles. The molecule has 1 N–H and O–H groups in total. The van der Waals surface area contributed by atoms with Crippen molar-refractivity contribution < 1.29 is 13.5 Å². The Labute approximate surface area is 159 Å². The van der Waals surface area contributed by atoms with E-state index >= 15 is 0 Å². The fourth-order valence-corrected chi connectivity index (χ4v) is 3.05. The van der Waals surface area contributed by atoms with Crippen molar-refractivity contribution in [2.75, 3.05) is 11.0 Å². The van der Waals surface area contributed by atoms with Gasteiger partial charge in [0.1, 0.15) is 17.3 Å². The lowest BCUT2D eigenvalue weighted by atomic mass is 10.1. The first-order valence-electron chi connectivity index (χ1n) is 8.12. The molecule has 0 aliphatic carbocycles. The van der Waals surface area contributed by atoms with Gasteiger partial charge in [-0.3, -0.25) is 4.79 Å². The van der Waals surface area contributed by atoms with E-state index in [2.05, 4.69) is 4.72 Å². The lowest BCUT2D eigenvalue weighted by molar-refractivity contribution is 0.478. The Hall–Kier alpha value is -2.80. The van der Waals surface area contributed by atoms with Crippen LogP contribution in [0.3, 0.4) is 0 Å². The van der Waals surface area contributed by atoms with Crippen molar-refractivity contribution in [2.45, 2.75) is 6.92 Å². The van der Waals surface area contributed by atoms with Crippen molar-refractivity contribution in [3.8, 4) is 22.6 Å². The first kappa shape index (κ1) is 19.0. The third-order valence-corrected chi connectivity index (χ3v) is 4.45. The second-order valence-electron chi connectivity index (χ2n) is 6.02. The predicted octanol–water partition coefficient (Wildman–Crippen LogP) is 5.12. The maximum atomic E-state index is 14.0. The van der Waals surface area contributed by atoms with E-state index in [0.29, 0.717) is 28.2 Å². The monoisotopic (exact) mass is 388 g/mol. The van der Waals surface area contributed by atoms with Gasteiger partial charge in [-0.05, 0) is 55.0 Å². The standard InChI is InChI=1S/C20H18F2N2O2S/c1-12-8-14(21)4-6-18(12)26-19-7-5-15(23-27-3)10-16(19)13-9-17(22)20(25)24(2)11-13/h4-11,23H,1-3H3. The van der Waals surface area contributed by atoms with Crippen molar-refractivity contribution in [3.63, 3.8) is 0 Å². The number of ether oxygens (including phenoxy) is 1. The molecule has 0 saturated heterocycles. The molecule has 3 aromatic rings. The fourth-order valence-electron chi connectivity index (χ4n) is 2.69. The minimum Gasteiger partial charge on any atom is -0.456 e. The lowest BCUT2D eigenvalue weighted by Gasteiger charge is -2.15. The molecule has 27 heavy (non-hydrogen) atoms. The van der Waals surface area contributed by atoms with Crippen LogP contribution in [-0.4, -0.2) is 10.8 Å². The van der Waals surface area contributed by atoms with Crippen LogP contribution in [0.15, 0.2) is 53.5 Å². The van der Waals surface area contributed by atoms with E-state index in [0.717, 1.165) is 5.69 Å². The Balaban J connectivity index is 2.12. The third kappa shape index (κ3) is 4.14. The average molecular weight is 388 g/mol. The highest BCUT2D eigenvalue weighted by Gasteiger charge is 2.14. The number of benzene rings is 2. The Kier molecular flexibility index (Phi) is 5.51. The van der Waals surface area contributed by atoms with Gasteiger partial charge in [0.05, 0.1) is 0 Å². The summed E-state index contributed by atoms with van der Waals surface area (Å²) in [4.78, 5) is 11.7. The van der Waals surface area contributed by atoms with Crippen molar-refractivity contribution in [2.24, 2.45) is 7.05 Å². The first-order valence-corrected chi connectivity index (χ1v) is 9.35. The second kappa shape index (κ2) is 7.84. The minimum atomic E-state index is -0.845. The highest BCUT2D eigenvalue weighted by Crippen LogP contribution is 2.37. The normalized spacial score (nSPS) is 10.7. The maximum Gasteiger partial charge on any atom is 0.286 e. The molecule has 1 heterocycles. The summed E-state index contributed by atoms with van der Waals surface area (Å²) in [6.45, 7) is 1.74. The zero-order valence-corrected chi connectivity index (χ0v) is 15.9. The van der Waals surface area contributed by atoms with Gasteiger partial charge < -0.3 is 14.0 Å². The number of aromatic nitrogens is 1. The van der Waals surface area contributed by atoms with Crippen molar-refractivity contribution in [1.29, 1.82) is 0 Å². The highest BCUT2D eigenvalue weighted by molar-refractivity contribution is 7.99. The highest BCUT2D eigenvalue weighted by atomic mass is 32.2. The lowest BCUT2D eigenvalue weighted by Crippen LogP contribution is -2.19. The average Bonchev–Trinajstić information content (AvgIpc) is 2.63. The van der Waals surface area contributed by atoms with Crippen LogP contribution in [0.5, 0.6) is 11.5 Å². The topological polar surface area (TPSA) is 43.3 Å². The predicted molar refractivity (Wildman–Crippen MR) is 105 cm³/mol. The van der Waals surface area contributed by atoms with E-state index in [9.17, 15) is 13.6 Å². The molecular weight excluding hydrogens is 370 g/mol. The number of anilines is 1. The van der Waals surface area contributed by atoms with Crippen LogP contribution >= 0.6 is 11.9 Å². The molecule has 0 aliphatic rings. The number of nitrogens with zero attached hydrogens (tertiary/aromatic N) is 1. The summed E-state index contributed by atoms with van der Waals surface area (Å²) in [5.41, 5.74) is 1.84. The molecule has 4 nitrogen and oxygen atoms in total. The molecule has 7 heteroatoms. The summed E-state index contributed by atoms with van der Waals surface area (Å²) in [6, 6.07) is 10.8. The molecule has 3 rings (SSSR count). The van der Waals surface area contributed by atoms with Crippen molar-refractivity contribution in [1.82, 2.24) is 4.57 Å².